The summed E-state index contributed by atoms with van der Waals surface area (Å²) in [6, 6.07) is 1.73. The van der Waals surface area contributed by atoms with Crippen LogP contribution in [-0.2, 0) is 21.4 Å². The molecule has 118 valence electrons. The zero-order valence-corrected chi connectivity index (χ0v) is 12.4. The predicted molar refractivity (Wildman–Crippen MR) is 71.1 cm³/mol. The topological polar surface area (TPSA) is 66.8 Å². The van der Waals surface area contributed by atoms with Crippen molar-refractivity contribution >= 4 is 10.0 Å². The molecule has 1 atom stereocenters. The van der Waals surface area contributed by atoms with Gasteiger partial charge in [0.15, 0.2) is 5.82 Å². The predicted octanol–water partition coefficient (Wildman–Crippen LogP) is 1.26. The zero-order chi connectivity index (χ0) is 15.6. The fourth-order valence-electron chi connectivity index (χ4n) is 2.23. The number of nitrogens with zero attached hydrogens (tertiary/aromatic N) is 1. The lowest BCUT2D eigenvalue weighted by Crippen LogP contribution is -2.36. The van der Waals surface area contributed by atoms with Gasteiger partial charge in [-0.15, -0.1) is 0 Å². The summed E-state index contributed by atoms with van der Waals surface area (Å²) in [5.74, 6) is -2.21. The van der Waals surface area contributed by atoms with E-state index in [0.717, 1.165) is 16.4 Å². The van der Waals surface area contributed by atoms with Crippen LogP contribution in [0.3, 0.4) is 0 Å². The Kier molecular flexibility index (Phi) is 4.92. The molecule has 0 radical (unpaired) electrons. The molecule has 2 rings (SSSR count). The molecule has 0 aliphatic carbocycles. The highest BCUT2D eigenvalue weighted by Gasteiger charge is 2.31. The van der Waals surface area contributed by atoms with Gasteiger partial charge in [0.1, 0.15) is 10.7 Å². The Morgan fingerprint density at radius 2 is 2.14 bits per heavy atom. The number of hydrogen-bond acceptors (Lipinski definition) is 4. The number of sulfonamides is 1. The molecule has 1 saturated heterocycles. The van der Waals surface area contributed by atoms with Gasteiger partial charge in [0.05, 0.1) is 18.3 Å². The number of aliphatic hydroxyl groups is 1. The van der Waals surface area contributed by atoms with Crippen LogP contribution in [-0.4, -0.2) is 43.6 Å². The quantitative estimate of drug-likeness (QED) is 0.910. The zero-order valence-electron chi connectivity index (χ0n) is 11.6. The molecule has 1 aliphatic heterocycles. The standard InChI is InChI=1S/C13H17F2NO4S/c1-9-7-16(5-2-6-20-9)21(18,19)12-4-3-11(14)10(8-17)13(12)15/h3-4,9,17H,2,5-8H2,1H3. The summed E-state index contributed by atoms with van der Waals surface area (Å²) in [6.45, 7) is 1.57. The Bertz CT molecular complexity index is 621. The average molecular weight is 321 g/mol. The fourth-order valence-corrected chi connectivity index (χ4v) is 3.88. The molecule has 1 unspecified atom stereocenters. The smallest absolute Gasteiger partial charge is 0.246 e. The molecule has 8 heteroatoms. The van der Waals surface area contributed by atoms with E-state index in [1.807, 2.05) is 0 Å². The van der Waals surface area contributed by atoms with E-state index in [2.05, 4.69) is 0 Å². The third-order valence-electron chi connectivity index (χ3n) is 3.34. The molecule has 0 aromatic heterocycles. The third kappa shape index (κ3) is 3.23. The van der Waals surface area contributed by atoms with E-state index in [1.165, 1.54) is 0 Å². The highest BCUT2D eigenvalue weighted by atomic mass is 32.2. The number of benzene rings is 1. The minimum atomic E-state index is -4.10. The van der Waals surface area contributed by atoms with Crippen LogP contribution >= 0.6 is 0 Å². The molecule has 1 aliphatic rings. The van der Waals surface area contributed by atoms with Crippen LogP contribution in [0.5, 0.6) is 0 Å². The van der Waals surface area contributed by atoms with Crippen molar-refractivity contribution in [2.75, 3.05) is 19.7 Å². The SMILES string of the molecule is CC1CN(S(=O)(=O)c2ccc(F)c(CO)c2F)CCCO1. The average Bonchev–Trinajstić information content (AvgIpc) is 2.64. The first-order valence-corrected chi connectivity index (χ1v) is 8.01. The van der Waals surface area contributed by atoms with E-state index < -0.39 is 38.7 Å². The van der Waals surface area contributed by atoms with Crippen LogP contribution in [0.15, 0.2) is 17.0 Å². The van der Waals surface area contributed by atoms with Crippen molar-refractivity contribution in [2.45, 2.75) is 31.0 Å². The van der Waals surface area contributed by atoms with Crippen LogP contribution < -0.4 is 0 Å². The van der Waals surface area contributed by atoms with Gasteiger partial charge in [-0.2, -0.15) is 4.31 Å². The van der Waals surface area contributed by atoms with Crippen molar-refractivity contribution in [3.63, 3.8) is 0 Å². The van der Waals surface area contributed by atoms with Gasteiger partial charge < -0.3 is 9.84 Å². The number of rotatable bonds is 3. The summed E-state index contributed by atoms with van der Waals surface area (Å²) in [4.78, 5) is -0.623. The second-order valence-corrected chi connectivity index (χ2v) is 6.80. The van der Waals surface area contributed by atoms with Gasteiger partial charge >= 0.3 is 0 Å². The molecular formula is C13H17F2NO4S. The van der Waals surface area contributed by atoms with Crippen molar-refractivity contribution in [2.24, 2.45) is 0 Å². The molecule has 1 aromatic carbocycles. The van der Waals surface area contributed by atoms with Gasteiger partial charge in [0, 0.05) is 19.7 Å². The highest BCUT2D eigenvalue weighted by molar-refractivity contribution is 7.89. The summed E-state index contributed by atoms with van der Waals surface area (Å²) in [5, 5.41) is 8.98. The minimum Gasteiger partial charge on any atom is -0.391 e. The van der Waals surface area contributed by atoms with Crippen molar-refractivity contribution in [1.29, 1.82) is 0 Å². The molecule has 0 saturated carbocycles. The van der Waals surface area contributed by atoms with Crippen molar-refractivity contribution in [3.8, 4) is 0 Å². The van der Waals surface area contributed by atoms with Gasteiger partial charge in [-0.25, -0.2) is 17.2 Å². The van der Waals surface area contributed by atoms with Crippen LogP contribution in [0.2, 0.25) is 0 Å². The lowest BCUT2D eigenvalue weighted by molar-refractivity contribution is 0.0751. The molecular weight excluding hydrogens is 304 g/mol. The van der Waals surface area contributed by atoms with Gasteiger partial charge in [-0.3, -0.25) is 0 Å². The van der Waals surface area contributed by atoms with E-state index in [1.54, 1.807) is 6.92 Å². The van der Waals surface area contributed by atoms with E-state index in [9.17, 15) is 17.2 Å². The maximum atomic E-state index is 14.1. The Balaban J connectivity index is 2.44. The number of hydrogen-bond donors (Lipinski definition) is 1. The summed E-state index contributed by atoms with van der Waals surface area (Å²) in [5.41, 5.74) is -0.643. The van der Waals surface area contributed by atoms with Crippen molar-refractivity contribution in [3.05, 3.63) is 29.3 Å². The number of ether oxygens (including phenoxy) is 1. The monoisotopic (exact) mass is 321 g/mol. The number of halogens is 2. The molecule has 1 N–H and O–H groups in total. The highest BCUT2D eigenvalue weighted by Crippen LogP contribution is 2.25. The minimum absolute atomic E-state index is 0.105. The van der Waals surface area contributed by atoms with Crippen LogP contribution in [0.4, 0.5) is 8.78 Å². The first kappa shape index (κ1) is 16.3. The number of aliphatic hydroxyl groups excluding tert-OH is 1. The van der Waals surface area contributed by atoms with Gasteiger partial charge in [0.2, 0.25) is 10.0 Å². The fraction of sp³-hybridized carbons (Fsp3) is 0.538. The summed E-state index contributed by atoms with van der Waals surface area (Å²) < 4.78 is 59.0. The second kappa shape index (κ2) is 6.35. The van der Waals surface area contributed by atoms with Gasteiger partial charge in [-0.05, 0) is 25.5 Å². The largest absolute Gasteiger partial charge is 0.391 e. The molecule has 0 amide bonds. The van der Waals surface area contributed by atoms with Gasteiger partial charge in [0.25, 0.3) is 0 Å². The van der Waals surface area contributed by atoms with Crippen LogP contribution in [0.1, 0.15) is 18.9 Å². The molecule has 21 heavy (non-hydrogen) atoms. The summed E-state index contributed by atoms with van der Waals surface area (Å²) >= 11 is 0. The molecule has 1 fully saturated rings. The van der Waals surface area contributed by atoms with Crippen molar-refractivity contribution in [1.82, 2.24) is 4.31 Å². The maximum absolute atomic E-state index is 14.1. The van der Waals surface area contributed by atoms with E-state index in [4.69, 9.17) is 9.84 Å². The van der Waals surface area contributed by atoms with Crippen LogP contribution in [0, 0.1) is 11.6 Å². The Morgan fingerprint density at radius 1 is 1.43 bits per heavy atom. The van der Waals surface area contributed by atoms with E-state index in [0.29, 0.717) is 13.0 Å². The summed E-state index contributed by atoms with van der Waals surface area (Å²) in [6.07, 6.45) is 0.197. The molecule has 0 spiro atoms. The molecule has 1 aromatic rings. The first-order valence-electron chi connectivity index (χ1n) is 6.57. The maximum Gasteiger partial charge on any atom is 0.246 e. The lowest BCUT2D eigenvalue weighted by atomic mass is 10.2. The third-order valence-corrected chi connectivity index (χ3v) is 5.22. The van der Waals surface area contributed by atoms with E-state index in [-0.39, 0.29) is 19.2 Å². The summed E-state index contributed by atoms with van der Waals surface area (Å²) in [7, 11) is -4.10. The molecule has 0 bridgehead atoms. The molecule has 5 nitrogen and oxygen atoms in total. The van der Waals surface area contributed by atoms with Crippen LogP contribution in [0.25, 0.3) is 0 Å². The first-order chi connectivity index (χ1) is 9.87. The normalized spacial score (nSPS) is 21.2. The Hall–Kier alpha value is -1.09. The Morgan fingerprint density at radius 3 is 2.81 bits per heavy atom. The van der Waals surface area contributed by atoms with Gasteiger partial charge in [-0.1, -0.05) is 0 Å². The van der Waals surface area contributed by atoms with Crippen molar-refractivity contribution < 1.29 is 27.0 Å². The van der Waals surface area contributed by atoms with E-state index >= 15 is 0 Å². The molecule has 1 heterocycles. The Labute approximate surface area is 122 Å². The second-order valence-electron chi connectivity index (χ2n) is 4.89. The lowest BCUT2D eigenvalue weighted by Gasteiger charge is -2.22.